The number of alkyl halides is 11. The number of likely N-dealkylation sites (N-methyl/N-ethyl adjacent to an activating group) is 8. The number of nitrogens with one attached hydrogen (secondary N) is 3. The fourth-order valence-corrected chi connectivity index (χ4v) is 4.72. The molecular formula is C54H130F11N11O11. The van der Waals surface area contributed by atoms with Gasteiger partial charge in [0.25, 0.3) is 0 Å². The molecule has 22 nitrogen and oxygen atoms in total. The molecule has 0 bridgehead atoms. The molecule has 0 unspecified atom stereocenters. The molecule has 0 heterocycles. The van der Waals surface area contributed by atoms with Gasteiger partial charge in [0.1, 0.15) is 53.9 Å². The van der Waals surface area contributed by atoms with Crippen LogP contribution in [0.15, 0.2) is 0 Å². The highest BCUT2D eigenvalue weighted by molar-refractivity contribution is 4.54. The SMILES string of the molecule is CCN(CCO)CCCF.CCN(CCO)CCF.CCN(CF)CCO.CN(CCO)CCCF.CN(CCO)CCF.CN(CCO)CCF.CN(CF)CCO.CN(CF)CCO.OCCNCCCF.OCCNCCF.OCCNCF. The number of rotatable bonds is 46. The number of aliphatic hydroxyl groups is 11. The van der Waals surface area contributed by atoms with E-state index in [-0.39, 0.29) is 119 Å². The standard InChI is InChI=1S/C7H16FNO.2C6H14FNO.4C5H12FNO.3C4H10FNO.C3H8FNO/c1-2-9(6-7-10)5-3-4-8;1-8(5-6-9)4-2-3-7;1-2-8(4-3-7)5-6-9;2*1-7(3-2-6)4-5-8;1-2-7(5-6)3-4-8;6-2-1-3-7-4-5-8;2*1-6(4-5)2-3-7;5-1-2-6-3-4-7;4-3-5-1-2-6/h10H,2-7H2,1H3;2*9H,2-6H2,1H3;3*8H,2-5H2,1H3;7-8H,1-5H2;2*7H,2-4H2,1H3;6-7H,1-4H2;5-6H,1-3H2. The summed E-state index contributed by atoms with van der Waals surface area (Å²) in [4.78, 5) is 13.6. The van der Waals surface area contributed by atoms with Crippen LogP contribution in [-0.4, -0.2) is 415 Å². The first-order chi connectivity index (χ1) is 41.8. The summed E-state index contributed by atoms with van der Waals surface area (Å²) in [7, 11) is 8.63. The van der Waals surface area contributed by atoms with Crippen molar-refractivity contribution < 1.29 is 104 Å². The van der Waals surface area contributed by atoms with E-state index in [1.165, 1.54) is 14.7 Å². The first-order valence-corrected chi connectivity index (χ1v) is 29.4. The van der Waals surface area contributed by atoms with Gasteiger partial charge in [0, 0.05) is 111 Å². The number of hydrogen-bond donors (Lipinski definition) is 14. The molecule has 0 amide bonds. The molecule has 0 aromatic carbocycles. The fourth-order valence-electron chi connectivity index (χ4n) is 4.72. The molecule has 0 saturated carbocycles. The van der Waals surface area contributed by atoms with Gasteiger partial charge in [-0.15, -0.1) is 0 Å². The van der Waals surface area contributed by atoms with Crippen LogP contribution >= 0.6 is 0 Å². The lowest BCUT2D eigenvalue weighted by atomic mass is 10.4. The molecule has 0 aliphatic rings. The average Bonchev–Trinajstić information content (AvgIpc) is 3.51. The highest BCUT2D eigenvalue weighted by Crippen LogP contribution is 1.91. The van der Waals surface area contributed by atoms with Crippen LogP contribution in [0.2, 0.25) is 0 Å². The lowest BCUT2D eigenvalue weighted by molar-refractivity contribution is 0.152. The van der Waals surface area contributed by atoms with E-state index < -0.39 is 27.2 Å². The van der Waals surface area contributed by atoms with Gasteiger partial charge in [0.05, 0.1) is 92.7 Å². The molecule has 0 rings (SSSR count). The minimum absolute atomic E-state index is 0.00389. The van der Waals surface area contributed by atoms with Crippen molar-refractivity contribution in [2.24, 2.45) is 0 Å². The van der Waals surface area contributed by atoms with Gasteiger partial charge in [-0.05, 0) is 80.7 Å². The van der Waals surface area contributed by atoms with Crippen molar-refractivity contribution in [3.05, 3.63) is 0 Å². The van der Waals surface area contributed by atoms with Crippen molar-refractivity contribution in [2.75, 3.05) is 319 Å². The molecule has 87 heavy (non-hydrogen) atoms. The predicted octanol–water partition coefficient (Wildman–Crippen LogP) is -0.176. The quantitative estimate of drug-likeness (QED) is 0.0214. The van der Waals surface area contributed by atoms with Gasteiger partial charge in [0.15, 0.2) is 0 Å². The van der Waals surface area contributed by atoms with Crippen LogP contribution < -0.4 is 16.0 Å². The van der Waals surface area contributed by atoms with Crippen LogP contribution in [0, 0.1) is 0 Å². The van der Waals surface area contributed by atoms with Crippen molar-refractivity contribution in [1.29, 1.82) is 0 Å². The van der Waals surface area contributed by atoms with Crippen molar-refractivity contribution in [1.82, 2.24) is 55.1 Å². The Balaban J connectivity index is -0.0000000813. The highest BCUT2D eigenvalue weighted by atomic mass is 19.2. The van der Waals surface area contributed by atoms with Gasteiger partial charge in [-0.25, -0.2) is 35.1 Å². The number of hydrogen-bond acceptors (Lipinski definition) is 22. The zero-order chi connectivity index (χ0) is 69.3. The van der Waals surface area contributed by atoms with Gasteiger partial charge < -0.3 is 86.4 Å². The van der Waals surface area contributed by atoms with Gasteiger partial charge >= 0.3 is 0 Å². The van der Waals surface area contributed by atoms with Crippen LogP contribution in [0.4, 0.5) is 48.3 Å². The van der Waals surface area contributed by atoms with Gasteiger partial charge in [-0.1, -0.05) is 20.8 Å². The minimum Gasteiger partial charge on any atom is -0.395 e. The molecule has 0 atom stereocenters. The summed E-state index contributed by atoms with van der Waals surface area (Å²) < 4.78 is 126. The summed E-state index contributed by atoms with van der Waals surface area (Å²) in [5.74, 6) is 0. The molecule has 0 aliphatic carbocycles. The molecule has 0 radical (unpaired) electrons. The first-order valence-electron chi connectivity index (χ1n) is 29.4. The van der Waals surface area contributed by atoms with E-state index in [9.17, 15) is 48.3 Å². The summed E-state index contributed by atoms with van der Waals surface area (Å²) in [6, 6.07) is 0. The lowest BCUT2D eigenvalue weighted by Crippen LogP contribution is -2.28. The van der Waals surface area contributed by atoms with Gasteiger partial charge in [-0.2, -0.15) is 0 Å². The zero-order valence-electron chi connectivity index (χ0n) is 54.7. The molecule has 544 valence electrons. The summed E-state index contributed by atoms with van der Waals surface area (Å²) >= 11 is 0. The summed E-state index contributed by atoms with van der Waals surface area (Å²) in [5, 5.41) is 98.6. The Morgan fingerprint density at radius 2 is 0.540 bits per heavy atom. The maximum absolute atomic E-state index is 11.7. The molecule has 0 saturated heterocycles. The Hall–Kier alpha value is -1.65. The van der Waals surface area contributed by atoms with E-state index in [0.29, 0.717) is 131 Å². The minimum atomic E-state index is -0.555. The first kappa shape index (κ1) is 110. The topological polar surface area (TPSA) is 285 Å². The van der Waals surface area contributed by atoms with E-state index in [1.54, 1.807) is 38.0 Å². The Kier molecular flexibility index (Phi) is 145. The Labute approximate surface area is 517 Å². The second kappa shape index (κ2) is 115. The van der Waals surface area contributed by atoms with Gasteiger partial charge in [-0.3, -0.25) is 38.1 Å². The normalized spacial score (nSPS) is 10.3. The summed E-state index contributed by atoms with van der Waals surface area (Å²) in [6.45, 7) is 14.4. The largest absolute Gasteiger partial charge is 0.395 e. The Morgan fingerprint density at radius 3 is 0.782 bits per heavy atom. The molecule has 0 fully saturated rings. The van der Waals surface area contributed by atoms with Crippen molar-refractivity contribution in [2.45, 2.75) is 40.0 Å². The average molecular weight is 1320 g/mol. The van der Waals surface area contributed by atoms with E-state index in [4.69, 9.17) is 56.2 Å². The molecule has 0 aromatic heterocycles. The number of halogens is 11. The monoisotopic (exact) mass is 1320 g/mol. The predicted molar refractivity (Wildman–Crippen MR) is 330 cm³/mol. The molecule has 0 spiro atoms. The second-order valence-corrected chi connectivity index (χ2v) is 17.5. The van der Waals surface area contributed by atoms with Crippen molar-refractivity contribution >= 4 is 0 Å². The van der Waals surface area contributed by atoms with E-state index in [0.717, 1.165) is 26.2 Å². The van der Waals surface area contributed by atoms with E-state index in [1.807, 2.05) is 42.5 Å². The van der Waals surface area contributed by atoms with E-state index >= 15 is 0 Å². The Bertz CT molecular complexity index is 977. The molecule has 0 aliphatic heterocycles. The Morgan fingerprint density at radius 1 is 0.241 bits per heavy atom. The molecular weight excluding hydrogens is 1190 g/mol. The van der Waals surface area contributed by atoms with Crippen LogP contribution in [0.5, 0.6) is 0 Å². The van der Waals surface area contributed by atoms with E-state index in [2.05, 4.69) is 16.0 Å². The van der Waals surface area contributed by atoms with Crippen LogP contribution in [0.1, 0.15) is 40.0 Å². The van der Waals surface area contributed by atoms with Crippen LogP contribution in [-0.2, 0) is 0 Å². The van der Waals surface area contributed by atoms with Crippen LogP contribution in [0.3, 0.4) is 0 Å². The van der Waals surface area contributed by atoms with Crippen molar-refractivity contribution in [3.8, 4) is 0 Å². The summed E-state index contributed by atoms with van der Waals surface area (Å²) in [6.07, 6.45) is 1.68. The van der Waals surface area contributed by atoms with Crippen LogP contribution in [0.25, 0.3) is 0 Å². The fraction of sp³-hybridized carbons (Fsp3) is 1.00. The molecule has 14 N–H and O–H groups in total. The summed E-state index contributed by atoms with van der Waals surface area (Å²) in [5.41, 5.74) is 0. The lowest BCUT2D eigenvalue weighted by Gasteiger charge is -2.17. The third-order valence-corrected chi connectivity index (χ3v) is 9.91. The maximum atomic E-state index is 11.7. The van der Waals surface area contributed by atoms with Gasteiger partial charge in [0.2, 0.25) is 0 Å². The zero-order valence-corrected chi connectivity index (χ0v) is 54.7. The molecule has 0 aromatic rings. The second-order valence-electron chi connectivity index (χ2n) is 17.5. The third-order valence-electron chi connectivity index (χ3n) is 9.91. The molecule has 33 heteroatoms. The number of nitrogens with zero attached hydrogens (tertiary/aromatic N) is 8. The number of aliphatic hydroxyl groups excluding tert-OH is 11. The maximum Gasteiger partial charge on any atom is 0.143 e. The van der Waals surface area contributed by atoms with Crippen molar-refractivity contribution in [3.63, 3.8) is 0 Å². The smallest absolute Gasteiger partial charge is 0.143 e. The third kappa shape index (κ3) is 143. The highest BCUT2D eigenvalue weighted by Gasteiger charge is 2.01.